The molecule has 26 heavy (non-hydrogen) atoms. The number of rotatable bonds is 5. The van der Waals surface area contributed by atoms with Crippen molar-refractivity contribution >= 4 is 35.1 Å². The molecule has 1 aromatic carbocycles. The Labute approximate surface area is 151 Å². The summed E-state index contributed by atoms with van der Waals surface area (Å²) in [6.07, 6.45) is -0.138. The summed E-state index contributed by atoms with van der Waals surface area (Å²) in [5, 5.41) is 7.87. The number of benzene rings is 1. The van der Waals surface area contributed by atoms with E-state index in [1.165, 1.54) is 6.92 Å². The van der Waals surface area contributed by atoms with Gasteiger partial charge in [0.25, 0.3) is 0 Å². The monoisotopic (exact) mass is 359 g/mol. The molecule has 8 heteroatoms. The first-order valence-electron chi connectivity index (χ1n) is 8.18. The second-order valence-electron chi connectivity index (χ2n) is 5.81. The van der Waals surface area contributed by atoms with Gasteiger partial charge in [0.15, 0.2) is 0 Å². The summed E-state index contributed by atoms with van der Waals surface area (Å²) in [7, 11) is 0. The molecule has 0 aliphatic carbocycles. The Hall–Kier alpha value is -3.16. The maximum Gasteiger partial charge on any atom is 0.336 e. The van der Waals surface area contributed by atoms with Gasteiger partial charge in [0.2, 0.25) is 17.7 Å². The second kappa shape index (κ2) is 8.28. The van der Waals surface area contributed by atoms with Gasteiger partial charge in [-0.05, 0) is 38.1 Å². The van der Waals surface area contributed by atoms with Crippen LogP contribution in [-0.2, 0) is 23.9 Å². The summed E-state index contributed by atoms with van der Waals surface area (Å²) in [6.45, 7) is 4.80. The largest absolute Gasteiger partial charge is 0.463 e. The summed E-state index contributed by atoms with van der Waals surface area (Å²) in [5.41, 5.74) is 1.55. The van der Waals surface area contributed by atoms with Crippen LogP contribution in [0.25, 0.3) is 0 Å². The van der Waals surface area contributed by atoms with Gasteiger partial charge in [-0.25, -0.2) is 4.79 Å². The fourth-order valence-corrected chi connectivity index (χ4v) is 2.67. The molecule has 0 radical (unpaired) electrons. The number of hydrogen-bond donors (Lipinski definition) is 3. The van der Waals surface area contributed by atoms with Gasteiger partial charge in [-0.3, -0.25) is 14.4 Å². The maximum atomic E-state index is 12.6. The third-order valence-corrected chi connectivity index (χ3v) is 3.75. The predicted octanol–water partition coefficient (Wildman–Crippen LogP) is 1.56. The standard InChI is InChI=1S/C18H21N3O5/c1-4-26-18(25)16-10(2)19-15(23)9-14(16)17(24)21-13-7-5-12(6-8-13)20-11(3)22/h5-8,14H,4,9H2,1-3H3,(H,19,23)(H,20,22)(H,21,24)/t14-/m1/s1. The van der Waals surface area contributed by atoms with E-state index >= 15 is 0 Å². The number of allylic oxidation sites excluding steroid dienone is 1. The Morgan fingerprint density at radius 3 is 2.27 bits per heavy atom. The van der Waals surface area contributed by atoms with Gasteiger partial charge >= 0.3 is 5.97 Å². The van der Waals surface area contributed by atoms with E-state index in [9.17, 15) is 19.2 Å². The van der Waals surface area contributed by atoms with Crippen LogP contribution in [0.1, 0.15) is 27.2 Å². The van der Waals surface area contributed by atoms with Crippen LogP contribution in [0, 0.1) is 5.92 Å². The highest BCUT2D eigenvalue weighted by Gasteiger charge is 2.36. The molecule has 1 aliphatic rings. The summed E-state index contributed by atoms with van der Waals surface area (Å²) >= 11 is 0. The topological polar surface area (TPSA) is 114 Å². The average molecular weight is 359 g/mol. The van der Waals surface area contributed by atoms with Crippen LogP contribution in [0.15, 0.2) is 35.5 Å². The molecular weight excluding hydrogens is 338 g/mol. The normalized spacial score (nSPS) is 16.6. The number of esters is 1. The molecule has 1 heterocycles. The number of amides is 3. The van der Waals surface area contributed by atoms with Crippen molar-refractivity contribution in [2.75, 3.05) is 17.2 Å². The minimum atomic E-state index is -0.933. The highest BCUT2D eigenvalue weighted by molar-refractivity contribution is 6.06. The zero-order chi connectivity index (χ0) is 19.3. The second-order valence-corrected chi connectivity index (χ2v) is 5.81. The quantitative estimate of drug-likeness (QED) is 0.691. The summed E-state index contributed by atoms with van der Waals surface area (Å²) in [5.74, 6) is -2.56. The molecular formula is C18H21N3O5. The summed E-state index contributed by atoms with van der Waals surface area (Å²) in [6, 6.07) is 6.51. The van der Waals surface area contributed by atoms with E-state index < -0.39 is 17.8 Å². The zero-order valence-corrected chi connectivity index (χ0v) is 14.8. The Morgan fingerprint density at radius 2 is 1.73 bits per heavy atom. The van der Waals surface area contributed by atoms with Crippen molar-refractivity contribution in [3.05, 3.63) is 35.5 Å². The number of hydrogen-bond acceptors (Lipinski definition) is 5. The van der Waals surface area contributed by atoms with E-state index in [-0.39, 0.29) is 30.4 Å². The highest BCUT2D eigenvalue weighted by atomic mass is 16.5. The van der Waals surface area contributed by atoms with Crippen molar-refractivity contribution in [2.45, 2.75) is 27.2 Å². The van der Waals surface area contributed by atoms with E-state index in [2.05, 4.69) is 16.0 Å². The molecule has 0 unspecified atom stereocenters. The molecule has 2 rings (SSSR count). The van der Waals surface area contributed by atoms with Crippen LogP contribution in [0.4, 0.5) is 11.4 Å². The lowest BCUT2D eigenvalue weighted by Crippen LogP contribution is -2.40. The molecule has 3 amide bonds. The highest BCUT2D eigenvalue weighted by Crippen LogP contribution is 2.26. The van der Waals surface area contributed by atoms with Gasteiger partial charge in [0.05, 0.1) is 18.1 Å². The molecule has 0 saturated heterocycles. The molecule has 0 saturated carbocycles. The molecule has 1 aromatic rings. The predicted molar refractivity (Wildman–Crippen MR) is 95.0 cm³/mol. The van der Waals surface area contributed by atoms with Crippen molar-refractivity contribution in [2.24, 2.45) is 5.92 Å². The Bertz CT molecular complexity index is 768. The van der Waals surface area contributed by atoms with Crippen LogP contribution in [0.5, 0.6) is 0 Å². The molecule has 3 N–H and O–H groups in total. The van der Waals surface area contributed by atoms with Gasteiger partial charge < -0.3 is 20.7 Å². The first kappa shape index (κ1) is 19.2. The molecule has 8 nitrogen and oxygen atoms in total. The molecule has 0 fully saturated rings. The van der Waals surface area contributed by atoms with Gasteiger partial charge in [-0.2, -0.15) is 0 Å². The first-order chi connectivity index (χ1) is 12.3. The van der Waals surface area contributed by atoms with E-state index in [4.69, 9.17) is 4.74 Å². The lowest BCUT2D eigenvalue weighted by molar-refractivity contribution is -0.141. The van der Waals surface area contributed by atoms with Crippen molar-refractivity contribution in [1.29, 1.82) is 0 Å². The number of carbonyl (C=O) groups excluding carboxylic acids is 4. The fourth-order valence-electron chi connectivity index (χ4n) is 2.67. The van der Waals surface area contributed by atoms with Gasteiger partial charge in [0.1, 0.15) is 0 Å². The Balaban J connectivity index is 2.18. The maximum absolute atomic E-state index is 12.6. The van der Waals surface area contributed by atoms with E-state index in [1.807, 2.05) is 0 Å². The minimum Gasteiger partial charge on any atom is -0.463 e. The smallest absolute Gasteiger partial charge is 0.336 e. The third kappa shape index (κ3) is 4.69. The molecule has 1 atom stereocenters. The van der Waals surface area contributed by atoms with Crippen LogP contribution in [0.2, 0.25) is 0 Å². The van der Waals surface area contributed by atoms with Crippen LogP contribution in [-0.4, -0.2) is 30.3 Å². The van der Waals surface area contributed by atoms with E-state index in [1.54, 1.807) is 38.1 Å². The lowest BCUT2D eigenvalue weighted by atomic mass is 9.89. The van der Waals surface area contributed by atoms with Crippen LogP contribution in [0.3, 0.4) is 0 Å². The van der Waals surface area contributed by atoms with Crippen molar-refractivity contribution in [3.63, 3.8) is 0 Å². The third-order valence-electron chi connectivity index (χ3n) is 3.75. The Kier molecular flexibility index (Phi) is 6.11. The molecule has 0 aromatic heterocycles. The van der Waals surface area contributed by atoms with Crippen molar-refractivity contribution in [1.82, 2.24) is 5.32 Å². The van der Waals surface area contributed by atoms with Crippen LogP contribution >= 0.6 is 0 Å². The van der Waals surface area contributed by atoms with Gasteiger partial charge in [-0.15, -0.1) is 0 Å². The van der Waals surface area contributed by atoms with Crippen molar-refractivity contribution < 1.29 is 23.9 Å². The molecule has 0 spiro atoms. The summed E-state index contributed by atoms with van der Waals surface area (Å²) < 4.78 is 5.00. The fraction of sp³-hybridized carbons (Fsp3) is 0.333. The van der Waals surface area contributed by atoms with Gasteiger partial charge in [-0.1, -0.05) is 0 Å². The first-order valence-corrected chi connectivity index (χ1v) is 8.18. The SMILES string of the molecule is CCOC(=O)C1=C(C)NC(=O)C[C@H]1C(=O)Nc1ccc(NC(C)=O)cc1. The number of ether oxygens (including phenoxy) is 1. The van der Waals surface area contributed by atoms with E-state index in [0.29, 0.717) is 17.1 Å². The zero-order valence-electron chi connectivity index (χ0n) is 14.8. The van der Waals surface area contributed by atoms with E-state index in [0.717, 1.165) is 0 Å². The number of nitrogens with one attached hydrogen (secondary N) is 3. The average Bonchev–Trinajstić information content (AvgIpc) is 2.55. The number of anilines is 2. The molecule has 0 bridgehead atoms. The molecule has 138 valence electrons. The summed E-state index contributed by atoms with van der Waals surface area (Å²) in [4.78, 5) is 47.6. The molecule has 1 aliphatic heterocycles. The van der Waals surface area contributed by atoms with Gasteiger partial charge in [0, 0.05) is 30.4 Å². The van der Waals surface area contributed by atoms with Crippen molar-refractivity contribution in [3.8, 4) is 0 Å². The minimum absolute atomic E-state index is 0.138. The van der Waals surface area contributed by atoms with Crippen LogP contribution < -0.4 is 16.0 Å². The number of carbonyl (C=O) groups is 4. The Morgan fingerprint density at radius 1 is 1.15 bits per heavy atom. The lowest BCUT2D eigenvalue weighted by Gasteiger charge is -2.25.